The first-order chi connectivity index (χ1) is 15.7. The number of carbonyl (C=O) groups is 1. The maximum atomic E-state index is 11.9. The third-order valence-electron chi connectivity index (χ3n) is 6.40. The first kappa shape index (κ1) is 21.9. The van der Waals surface area contributed by atoms with E-state index in [1.165, 1.54) is 19.2 Å². The first-order valence-corrected chi connectivity index (χ1v) is 11.2. The minimum atomic E-state index is -0.396. The van der Waals surface area contributed by atoms with Gasteiger partial charge in [0.15, 0.2) is 0 Å². The second-order valence-corrected chi connectivity index (χ2v) is 8.48. The topological polar surface area (TPSA) is 69.5 Å². The highest BCUT2D eigenvalue weighted by Gasteiger charge is 2.27. The van der Waals surface area contributed by atoms with Crippen molar-refractivity contribution in [2.45, 2.75) is 19.3 Å². The summed E-state index contributed by atoms with van der Waals surface area (Å²) in [6.45, 7) is 5.26. The Morgan fingerprint density at radius 2 is 1.94 bits per heavy atom. The van der Waals surface area contributed by atoms with Gasteiger partial charge in [0.05, 0.1) is 24.3 Å². The number of nitriles is 1. The van der Waals surface area contributed by atoms with E-state index in [0.717, 1.165) is 45.6 Å². The quantitative estimate of drug-likeness (QED) is 0.550. The zero-order valence-corrected chi connectivity index (χ0v) is 18.5. The van der Waals surface area contributed by atoms with Crippen molar-refractivity contribution in [1.82, 2.24) is 9.88 Å². The molecule has 2 aliphatic rings. The number of hydrogen-bond donors (Lipinski definition) is 0. The fourth-order valence-electron chi connectivity index (χ4n) is 4.62. The van der Waals surface area contributed by atoms with Crippen LogP contribution in [0.2, 0.25) is 0 Å². The van der Waals surface area contributed by atoms with E-state index in [0.29, 0.717) is 28.7 Å². The molecule has 2 atom stereocenters. The second-order valence-electron chi connectivity index (χ2n) is 8.48. The Morgan fingerprint density at radius 3 is 2.66 bits per heavy atom. The predicted molar refractivity (Wildman–Crippen MR) is 123 cm³/mol. The zero-order valence-electron chi connectivity index (χ0n) is 18.5. The van der Waals surface area contributed by atoms with Crippen LogP contribution in [-0.4, -0.2) is 55.7 Å². The highest BCUT2D eigenvalue weighted by molar-refractivity contribution is 5.91. The SMILES string of the molecule is COC(=O)c1cccnc1C#C[C@H]1CCC(CN2CCN(c3ccc(C#N)cc3)CC2)C1. The van der Waals surface area contributed by atoms with Crippen LogP contribution >= 0.6 is 0 Å². The van der Waals surface area contributed by atoms with E-state index in [1.54, 1.807) is 18.3 Å². The number of pyridine rings is 1. The monoisotopic (exact) mass is 428 g/mol. The van der Waals surface area contributed by atoms with Crippen molar-refractivity contribution < 1.29 is 9.53 Å². The van der Waals surface area contributed by atoms with Crippen LogP contribution in [0.5, 0.6) is 0 Å². The smallest absolute Gasteiger partial charge is 0.340 e. The van der Waals surface area contributed by atoms with Crippen molar-refractivity contribution in [1.29, 1.82) is 5.26 Å². The van der Waals surface area contributed by atoms with E-state index >= 15 is 0 Å². The summed E-state index contributed by atoms with van der Waals surface area (Å²) in [5, 5.41) is 8.96. The van der Waals surface area contributed by atoms with Crippen molar-refractivity contribution in [2.75, 3.05) is 44.7 Å². The highest BCUT2D eigenvalue weighted by atomic mass is 16.5. The normalized spacial score (nSPS) is 20.8. The van der Waals surface area contributed by atoms with Crippen LogP contribution in [0.25, 0.3) is 0 Å². The third-order valence-corrected chi connectivity index (χ3v) is 6.40. The van der Waals surface area contributed by atoms with E-state index in [1.807, 2.05) is 24.3 Å². The summed E-state index contributed by atoms with van der Waals surface area (Å²) in [5.41, 5.74) is 2.83. The first-order valence-electron chi connectivity index (χ1n) is 11.2. The van der Waals surface area contributed by atoms with Gasteiger partial charge in [-0.25, -0.2) is 9.78 Å². The summed E-state index contributed by atoms with van der Waals surface area (Å²) >= 11 is 0. The fraction of sp³-hybridized carbons (Fsp3) is 0.423. The fourth-order valence-corrected chi connectivity index (χ4v) is 4.62. The number of anilines is 1. The molecule has 6 heteroatoms. The van der Waals surface area contributed by atoms with Gasteiger partial charge in [-0.1, -0.05) is 5.92 Å². The van der Waals surface area contributed by atoms with Gasteiger partial charge < -0.3 is 9.64 Å². The molecular formula is C26H28N4O2. The van der Waals surface area contributed by atoms with Crippen LogP contribution in [0, 0.1) is 35.0 Å². The van der Waals surface area contributed by atoms with Crippen molar-refractivity contribution >= 4 is 11.7 Å². The average molecular weight is 429 g/mol. The number of ether oxygens (including phenoxy) is 1. The summed E-state index contributed by atoms with van der Waals surface area (Å²) in [4.78, 5) is 21.1. The maximum absolute atomic E-state index is 11.9. The number of piperazine rings is 1. The van der Waals surface area contributed by atoms with E-state index < -0.39 is 5.97 Å². The molecule has 1 aromatic carbocycles. The Labute approximate surface area is 189 Å². The lowest BCUT2D eigenvalue weighted by Crippen LogP contribution is -2.47. The van der Waals surface area contributed by atoms with Crippen molar-refractivity contribution in [3.8, 4) is 17.9 Å². The number of methoxy groups -OCH3 is 1. The van der Waals surface area contributed by atoms with E-state index in [-0.39, 0.29) is 0 Å². The molecule has 2 aromatic rings. The summed E-state index contributed by atoms with van der Waals surface area (Å²) in [6.07, 6.45) is 5.05. The van der Waals surface area contributed by atoms with Crippen molar-refractivity contribution in [3.05, 3.63) is 59.4 Å². The van der Waals surface area contributed by atoms with Crippen LogP contribution in [0.15, 0.2) is 42.6 Å². The molecule has 1 aromatic heterocycles. The van der Waals surface area contributed by atoms with Gasteiger partial charge >= 0.3 is 5.97 Å². The largest absolute Gasteiger partial charge is 0.465 e. The predicted octanol–water partition coefficient (Wildman–Crippen LogP) is 3.33. The highest BCUT2D eigenvalue weighted by Crippen LogP contribution is 2.31. The number of nitrogens with zero attached hydrogens (tertiary/aromatic N) is 4. The molecule has 4 rings (SSSR count). The van der Waals surface area contributed by atoms with Crippen LogP contribution in [0.3, 0.4) is 0 Å². The summed E-state index contributed by atoms with van der Waals surface area (Å²) in [7, 11) is 1.37. The molecule has 164 valence electrons. The zero-order chi connectivity index (χ0) is 22.3. The Bertz CT molecular complexity index is 1040. The molecule has 2 fully saturated rings. The second kappa shape index (κ2) is 10.3. The summed E-state index contributed by atoms with van der Waals surface area (Å²) in [6, 6.07) is 13.5. The Hall–Kier alpha value is -3.35. The number of hydrogen-bond acceptors (Lipinski definition) is 6. The van der Waals surface area contributed by atoms with Gasteiger partial charge in [0.25, 0.3) is 0 Å². The molecule has 6 nitrogen and oxygen atoms in total. The van der Waals surface area contributed by atoms with Gasteiger partial charge in [0.2, 0.25) is 0 Å². The average Bonchev–Trinajstić information content (AvgIpc) is 3.30. The third kappa shape index (κ3) is 5.28. The Kier molecular flexibility index (Phi) is 7.04. The Morgan fingerprint density at radius 1 is 1.16 bits per heavy atom. The van der Waals surface area contributed by atoms with E-state index in [4.69, 9.17) is 10.00 Å². The summed E-state index contributed by atoms with van der Waals surface area (Å²) < 4.78 is 4.83. The molecule has 1 saturated carbocycles. The molecular weight excluding hydrogens is 400 g/mol. The minimum absolute atomic E-state index is 0.354. The van der Waals surface area contributed by atoms with Gasteiger partial charge in [0.1, 0.15) is 5.69 Å². The molecule has 1 saturated heterocycles. The van der Waals surface area contributed by atoms with Gasteiger partial charge in [0, 0.05) is 50.5 Å². The standard InChI is InChI=1S/C26H28N4O2/c1-32-26(31)24-3-2-12-28-25(24)11-8-20-4-5-22(17-20)19-29-13-15-30(16-14-29)23-9-6-21(18-27)7-10-23/h2-3,6-7,9-10,12,20,22H,4-5,13-17,19H2,1H3/t20-,22?/m1/s1. The van der Waals surface area contributed by atoms with Crippen molar-refractivity contribution in [2.24, 2.45) is 11.8 Å². The van der Waals surface area contributed by atoms with Gasteiger partial charge in [-0.3, -0.25) is 4.90 Å². The lowest BCUT2D eigenvalue weighted by atomic mass is 10.0. The number of benzene rings is 1. The number of carbonyl (C=O) groups excluding carboxylic acids is 1. The lowest BCUT2D eigenvalue weighted by Gasteiger charge is -2.37. The lowest BCUT2D eigenvalue weighted by molar-refractivity contribution is 0.0600. The molecule has 0 radical (unpaired) electrons. The molecule has 32 heavy (non-hydrogen) atoms. The van der Waals surface area contributed by atoms with E-state index in [2.05, 4.69) is 32.7 Å². The van der Waals surface area contributed by atoms with Gasteiger partial charge in [-0.15, -0.1) is 0 Å². The number of rotatable bonds is 4. The molecule has 0 spiro atoms. The Balaban J connectivity index is 1.27. The molecule has 0 bridgehead atoms. The maximum Gasteiger partial charge on any atom is 0.340 e. The molecule has 2 heterocycles. The summed E-state index contributed by atoms with van der Waals surface area (Å²) in [5.74, 6) is 7.10. The molecule has 1 aliphatic carbocycles. The molecule has 0 N–H and O–H groups in total. The van der Waals surface area contributed by atoms with Crippen molar-refractivity contribution in [3.63, 3.8) is 0 Å². The van der Waals surface area contributed by atoms with Gasteiger partial charge in [-0.2, -0.15) is 5.26 Å². The molecule has 1 unspecified atom stereocenters. The van der Waals surface area contributed by atoms with Crippen LogP contribution in [0.1, 0.15) is 40.9 Å². The van der Waals surface area contributed by atoms with Crippen LogP contribution in [-0.2, 0) is 4.74 Å². The molecule has 1 aliphatic heterocycles. The van der Waals surface area contributed by atoms with Crippen LogP contribution < -0.4 is 4.90 Å². The van der Waals surface area contributed by atoms with Crippen LogP contribution in [0.4, 0.5) is 5.69 Å². The molecule has 0 amide bonds. The number of esters is 1. The number of aromatic nitrogens is 1. The van der Waals surface area contributed by atoms with E-state index in [9.17, 15) is 4.79 Å². The minimum Gasteiger partial charge on any atom is -0.465 e. The van der Waals surface area contributed by atoms with Gasteiger partial charge in [-0.05, 0) is 67.5 Å².